The topological polar surface area (TPSA) is 66.9 Å². The first-order valence-corrected chi connectivity index (χ1v) is 9.82. The van der Waals surface area contributed by atoms with Crippen molar-refractivity contribution in [2.24, 2.45) is 0 Å². The number of carbonyl (C=O) groups is 1. The van der Waals surface area contributed by atoms with Crippen LogP contribution >= 0.6 is 0 Å². The van der Waals surface area contributed by atoms with Gasteiger partial charge in [0, 0.05) is 26.7 Å². The first-order chi connectivity index (χ1) is 11.5. The third-order valence-corrected chi connectivity index (χ3v) is 7.01. The van der Waals surface area contributed by atoms with Gasteiger partial charge in [0.1, 0.15) is 5.54 Å². The Morgan fingerprint density at radius 3 is 2.46 bits per heavy atom. The quantitative estimate of drug-likeness (QED) is 0.805. The molecule has 0 aliphatic carbocycles. The van der Waals surface area contributed by atoms with Crippen LogP contribution in [0.25, 0.3) is 0 Å². The molecular formula is C17H24N2O4S. The summed E-state index contributed by atoms with van der Waals surface area (Å²) in [7, 11) is -2.07. The van der Waals surface area contributed by atoms with E-state index in [2.05, 4.69) is 0 Å². The predicted molar refractivity (Wildman–Crippen MR) is 90.0 cm³/mol. The van der Waals surface area contributed by atoms with Crippen LogP contribution in [0, 0.1) is 0 Å². The molecule has 0 saturated carbocycles. The summed E-state index contributed by atoms with van der Waals surface area (Å²) in [6.45, 7) is 2.05. The Morgan fingerprint density at radius 2 is 1.79 bits per heavy atom. The number of hydrogen-bond donors (Lipinski definition) is 0. The zero-order valence-electron chi connectivity index (χ0n) is 14.0. The van der Waals surface area contributed by atoms with Gasteiger partial charge < -0.3 is 9.64 Å². The van der Waals surface area contributed by atoms with Crippen molar-refractivity contribution in [1.29, 1.82) is 0 Å². The fraction of sp³-hybridized carbons (Fsp3) is 0.588. The Labute approximate surface area is 143 Å². The van der Waals surface area contributed by atoms with Gasteiger partial charge in [0.2, 0.25) is 15.9 Å². The van der Waals surface area contributed by atoms with E-state index in [4.69, 9.17) is 4.74 Å². The molecule has 3 rings (SSSR count). The third kappa shape index (κ3) is 2.85. The van der Waals surface area contributed by atoms with Gasteiger partial charge in [-0.1, -0.05) is 18.2 Å². The summed E-state index contributed by atoms with van der Waals surface area (Å²) in [6, 6.07) is 8.40. The summed E-state index contributed by atoms with van der Waals surface area (Å²) in [5.41, 5.74) is -0.916. The van der Waals surface area contributed by atoms with Crippen LogP contribution in [0.15, 0.2) is 35.2 Å². The summed E-state index contributed by atoms with van der Waals surface area (Å²) < 4.78 is 32.7. The highest BCUT2D eigenvalue weighted by Gasteiger charge is 2.55. The molecule has 1 aromatic rings. The van der Waals surface area contributed by atoms with Crippen molar-refractivity contribution in [2.75, 3.05) is 33.4 Å². The van der Waals surface area contributed by atoms with Gasteiger partial charge in [0.15, 0.2) is 0 Å². The van der Waals surface area contributed by atoms with Gasteiger partial charge in [-0.25, -0.2) is 8.42 Å². The highest BCUT2D eigenvalue weighted by atomic mass is 32.2. The van der Waals surface area contributed by atoms with Crippen molar-refractivity contribution in [1.82, 2.24) is 9.21 Å². The number of likely N-dealkylation sites (tertiary alicyclic amines) is 1. The molecule has 1 amide bonds. The smallest absolute Gasteiger partial charge is 0.244 e. The minimum atomic E-state index is -3.67. The number of nitrogens with zero attached hydrogens (tertiary/aromatic N) is 2. The second-order valence-corrected chi connectivity index (χ2v) is 8.28. The Kier molecular flexibility index (Phi) is 4.94. The zero-order valence-corrected chi connectivity index (χ0v) is 14.8. The van der Waals surface area contributed by atoms with Crippen molar-refractivity contribution in [3.05, 3.63) is 30.3 Å². The third-order valence-electron chi connectivity index (χ3n) is 5.03. The van der Waals surface area contributed by atoms with Crippen LogP contribution in [-0.4, -0.2) is 62.4 Å². The largest absolute Gasteiger partial charge is 0.383 e. The molecule has 6 nitrogen and oxygen atoms in total. The lowest BCUT2D eigenvalue weighted by Crippen LogP contribution is -2.61. The number of methoxy groups -OCH3 is 1. The molecule has 1 aromatic carbocycles. The van der Waals surface area contributed by atoms with Gasteiger partial charge >= 0.3 is 0 Å². The average molecular weight is 352 g/mol. The van der Waals surface area contributed by atoms with Crippen LogP contribution in [0.5, 0.6) is 0 Å². The lowest BCUT2D eigenvalue weighted by molar-refractivity contribution is -0.145. The molecule has 1 unspecified atom stereocenters. The molecule has 0 bridgehead atoms. The van der Waals surface area contributed by atoms with Gasteiger partial charge in [0.05, 0.1) is 11.5 Å². The molecule has 2 heterocycles. The van der Waals surface area contributed by atoms with Crippen LogP contribution in [-0.2, 0) is 19.6 Å². The molecular weight excluding hydrogens is 328 g/mol. The van der Waals surface area contributed by atoms with Gasteiger partial charge in [-0.2, -0.15) is 4.31 Å². The second kappa shape index (κ2) is 6.82. The number of carbonyl (C=O) groups excluding carboxylic acids is 1. The number of piperidine rings is 1. The summed E-state index contributed by atoms with van der Waals surface area (Å²) in [6.07, 6.45) is 2.73. The van der Waals surface area contributed by atoms with Crippen LogP contribution in [0.1, 0.15) is 25.7 Å². The van der Waals surface area contributed by atoms with E-state index in [1.54, 1.807) is 42.3 Å². The van der Waals surface area contributed by atoms with Gasteiger partial charge in [-0.05, 0) is 37.8 Å². The maximum atomic E-state index is 13.1. The summed E-state index contributed by atoms with van der Waals surface area (Å²) >= 11 is 0. The minimum absolute atomic E-state index is 0.0668. The Hall–Kier alpha value is -1.44. The van der Waals surface area contributed by atoms with Crippen LogP contribution in [0.3, 0.4) is 0 Å². The first-order valence-electron chi connectivity index (χ1n) is 8.38. The van der Waals surface area contributed by atoms with Crippen LogP contribution < -0.4 is 0 Å². The van der Waals surface area contributed by atoms with Gasteiger partial charge in [-0.3, -0.25) is 4.79 Å². The second-order valence-electron chi connectivity index (χ2n) is 6.41. The van der Waals surface area contributed by atoms with Gasteiger partial charge in [-0.15, -0.1) is 0 Å². The molecule has 132 valence electrons. The number of hydrogen-bond acceptors (Lipinski definition) is 4. The average Bonchev–Trinajstić information content (AvgIpc) is 3.02. The highest BCUT2D eigenvalue weighted by Crippen LogP contribution is 2.41. The Bertz CT molecular complexity index is 692. The lowest BCUT2D eigenvalue weighted by atomic mass is 9.86. The van der Waals surface area contributed by atoms with E-state index in [9.17, 15) is 13.2 Å². The summed E-state index contributed by atoms with van der Waals surface area (Å²) in [5, 5.41) is 0. The summed E-state index contributed by atoms with van der Waals surface area (Å²) in [5.74, 6) is -0.0668. The monoisotopic (exact) mass is 352 g/mol. The molecule has 0 radical (unpaired) electrons. The van der Waals surface area contributed by atoms with Crippen molar-refractivity contribution in [2.45, 2.75) is 36.1 Å². The molecule has 2 saturated heterocycles. The molecule has 1 spiro atoms. The van der Waals surface area contributed by atoms with Crippen molar-refractivity contribution in [3.8, 4) is 0 Å². The van der Waals surface area contributed by atoms with E-state index >= 15 is 0 Å². The first kappa shape index (κ1) is 17.4. The number of benzene rings is 1. The molecule has 2 fully saturated rings. The molecule has 7 heteroatoms. The van der Waals surface area contributed by atoms with Gasteiger partial charge in [0.25, 0.3) is 0 Å². The molecule has 0 aromatic heterocycles. The highest BCUT2D eigenvalue weighted by molar-refractivity contribution is 7.89. The van der Waals surface area contributed by atoms with E-state index in [0.29, 0.717) is 39.1 Å². The zero-order chi connectivity index (χ0) is 17.2. The van der Waals surface area contributed by atoms with E-state index in [1.165, 1.54) is 4.31 Å². The fourth-order valence-corrected chi connectivity index (χ4v) is 5.71. The van der Waals surface area contributed by atoms with Crippen molar-refractivity contribution >= 4 is 15.9 Å². The van der Waals surface area contributed by atoms with E-state index in [-0.39, 0.29) is 10.8 Å². The number of rotatable bonds is 5. The Balaban J connectivity index is 1.93. The minimum Gasteiger partial charge on any atom is -0.383 e. The molecule has 2 aliphatic heterocycles. The molecule has 2 aliphatic rings. The number of amides is 1. The van der Waals surface area contributed by atoms with Crippen LogP contribution in [0.2, 0.25) is 0 Å². The maximum absolute atomic E-state index is 13.1. The number of sulfonamides is 1. The fourth-order valence-electron chi connectivity index (χ4n) is 3.87. The predicted octanol–water partition coefficient (Wildman–Crippen LogP) is 1.48. The van der Waals surface area contributed by atoms with Crippen molar-refractivity contribution in [3.63, 3.8) is 0 Å². The molecule has 0 N–H and O–H groups in total. The maximum Gasteiger partial charge on any atom is 0.244 e. The van der Waals surface area contributed by atoms with E-state index in [1.807, 2.05) is 0 Å². The standard InChI is InChI=1S/C17H24N2O4S/c1-23-14-13-18-11-5-9-17(16(18)20)10-6-12-19(17)24(21,22)15-7-3-2-4-8-15/h2-4,7-8H,5-6,9-14H2,1H3. The van der Waals surface area contributed by atoms with E-state index < -0.39 is 15.6 Å². The van der Waals surface area contributed by atoms with E-state index in [0.717, 1.165) is 12.8 Å². The normalized spacial score (nSPS) is 25.5. The van der Waals surface area contributed by atoms with Crippen molar-refractivity contribution < 1.29 is 17.9 Å². The Morgan fingerprint density at radius 1 is 1.12 bits per heavy atom. The molecule has 24 heavy (non-hydrogen) atoms. The number of ether oxygens (including phenoxy) is 1. The van der Waals surface area contributed by atoms with Crippen LogP contribution in [0.4, 0.5) is 0 Å². The molecule has 1 atom stereocenters. The SMILES string of the molecule is COCCN1CCCC2(CCCN2S(=O)(=O)c2ccccc2)C1=O. The summed E-state index contributed by atoms with van der Waals surface area (Å²) in [4.78, 5) is 15.1. The lowest BCUT2D eigenvalue weighted by Gasteiger charge is -2.43.